The molecule has 8 heteroatoms. The van der Waals surface area contributed by atoms with E-state index < -0.39 is 15.9 Å². The Bertz CT molecular complexity index is 542. The number of anilines is 2. The fourth-order valence-corrected chi connectivity index (χ4v) is 2.05. The van der Waals surface area contributed by atoms with Crippen LogP contribution < -0.4 is 21.5 Å². The number of nitrogen functional groups attached to an aromatic ring is 1. The number of carbonyl (C=O) groups is 1. The van der Waals surface area contributed by atoms with Crippen LogP contribution in [0.3, 0.4) is 0 Å². The quantitative estimate of drug-likeness (QED) is 0.517. The Kier molecular flexibility index (Phi) is 4.51. The normalized spacial score (nSPS) is 11.2. The first-order valence-corrected chi connectivity index (χ1v) is 6.70. The summed E-state index contributed by atoms with van der Waals surface area (Å²) in [6.07, 6.45) is 0.141. The Morgan fingerprint density at radius 2 is 2.06 bits per heavy atom. The molecule has 0 atom stereocenters. The lowest BCUT2D eigenvalue weighted by Crippen LogP contribution is -2.19. The first-order valence-electron chi connectivity index (χ1n) is 5.22. The van der Waals surface area contributed by atoms with Crippen molar-refractivity contribution in [2.75, 3.05) is 24.6 Å². The Morgan fingerprint density at radius 3 is 2.61 bits per heavy atom. The van der Waals surface area contributed by atoms with Gasteiger partial charge in [0.15, 0.2) is 0 Å². The smallest absolute Gasteiger partial charge is 0.240 e. The SMILES string of the molecule is CNS(=O)(=O)c1ccc(N)c(NCCC(N)=O)c1. The van der Waals surface area contributed by atoms with Crippen LogP contribution in [0.2, 0.25) is 0 Å². The monoisotopic (exact) mass is 272 g/mol. The first-order chi connectivity index (χ1) is 8.36. The summed E-state index contributed by atoms with van der Waals surface area (Å²) in [5.41, 5.74) is 11.5. The molecule has 0 aliphatic rings. The summed E-state index contributed by atoms with van der Waals surface area (Å²) < 4.78 is 25.4. The number of benzene rings is 1. The lowest BCUT2D eigenvalue weighted by molar-refractivity contribution is -0.117. The van der Waals surface area contributed by atoms with E-state index >= 15 is 0 Å². The second-order valence-corrected chi connectivity index (χ2v) is 5.49. The molecule has 0 aromatic heterocycles. The van der Waals surface area contributed by atoms with E-state index in [4.69, 9.17) is 11.5 Å². The predicted molar refractivity (Wildman–Crippen MR) is 69.4 cm³/mol. The molecule has 7 nitrogen and oxygen atoms in total. The van der Waals surface area contributed by atoms with E-state index in [1.54, 1.807) is 0 Å². The number of nitrogens with two attached hydrogens (primary N) is 2. The molecule has 1 aromatic rings. The molecule has 0 aliphatic heterocycles. The number of amides is 1. The van der Waals surface area contributed by atoms with Gasteiger partial charge in [-0.05, 0) is 25.2 Å². The predicted octanol–water partition coefficient (Wildman–Crippen LogP) is -0.536. The van der Waals surface area contributed by atoms with Crippen LogP contribution in [-0.4, -0.2) is 27.9 Å². The van der Waals surface area contributed by atoms with Crippen molar-refractivity contribution >= 4 is 27.3 Å². The highest BCUT2D eigenvalue weighted by molar-refractivity contribution is 7.89. The van der Waals surface area contributed by atoms with Gasteiger partial charge in [-0.15, -0.1) is 0 Å². The van der Waals surface area contributed by atoms with Crippen molar-refractivity contribution in [1.29, 1.82) is 0 Å². The minimum atomic E-state index is -3.52. The van der Waals surface area contributed by atoms with E-state index in [0.717, 1.165) is 0 Å². The topological polar surface area (TPSA) is 127 Å². The summed E-state index contributed by atoms with van der Waals surface area (Å²) in [7, 11) is -2.19. The van der Waals surface area contributed by atoms with Gasteiger partial charge < -0.3 is 16.8 Å². The highest BCUT2D eigenvalue weighted by Gasteiger charge is 2.13. The van der Waals surface area contributed by atoms with Gasteiger partial charge in [0.25, 0.3) is 0 Å². The number of hydrogen-bond acceptors (Lipinski definition) is 5. The molecule has 1 aromatic carbocycles. The Hall–Kier alpha value is -1.80. The van der Waals surface area contributed by atoms with Crippen molar-refractivity contribution in [3.05, 3.63) is 18.2 Å². The second-order valence-electron chi connectivity index (χ2n) is 3.60. The molecule has 0 fully saturated rings. The van der Waals surface area contributed by atoms with Crippen LogP contribution in [0.5, 0.6) is 0 Å². The minimum absolute atomic E-state index is 0.0979. The maximum Gasteiger partial charge on any atom is 0.240 e. The Labute approximate surface area is 106 Å². The molecular formula is C10H16N4O3S. The zero-order valence-electron chi connectivity index (χ0n) is 9.93. The second kappa shape index (κ2) is 5.69. The van der Waals surface area contributed by atoms with Crippen LogP contribution >= 0.6 is 0 Å². The molecule has 0 radical (unpaired) electrons. The van der Waals surface area contributed by atoms with Crippen molar-refractivity contribution in [1.82, 2.24) is 4.72 Å². The lowest BCUT2D eigenvalue weighted by Gasteiger charge is -2.10. The summed E-state index contributed by atoms with van der Waals surface area (Å²) in [5, 5.41) is 2.86. The lowest BCUT2D eigenvalue weighted by atomic mass is 10.2. The van der Waals surface area contributed by atoms with Gasteiger partial charge in [0.1, 0.15) is 0 Å². The Balaban J connectivity index is 2.92. The number of nitrogens with one attached hydrogen (secondary N) is 2. The number of primary amides is 1. The summed E-state index contributed by atoms with van der Waals surface area (Å²) >= 11 is 0. The highest BCUT2D eigenvalue weighted by Crippen LogP contribution is 2.22. The van der Waals surface area contributed by atoms with Crippen LogP contribution in [0.15, 0.2) is 23.1 Å². The number of sulfonamides is 1. The van der Waals surface area contributed by atoms with E-state index in [1.807, 2.05) is 0 Å². The largest absolute Gasteiger partial charge is 0.397 e. The van der Waals surface area contributed by atoms with Gasteiger partial charge in [-0.2, -0.15) is 0 Å². The van der Waals surface area contributed by atoms with E-state index in [1.165, 1.54) is 25.2 Å². The van der Waals surface area contributed by atoms with Crippen molar-refractivity contribution in [3.8, 4) is 0 Å². The zero-order chi connectivity index (χ0) is 13.8. The summed E-state index contributed by atoms with van der Waals surface area (Å²) in [4.78, 5) is 10.7. The summed E-state index contributed by atoms with van der Waals surface area (Å²) in [6, 6.07) is 4.29. The van der Waals surface area contributed by atoms with Crippen LogP contribution in [0.1, 0.15) is 6.42 Å². The van der Waals surface area contributed by atoms with Crippen LogP contribution in [-0.2, 0) is 14.8 Å². The molecule has 0 bridgehead atoms. The van der Waals surface area contributed by atoms with Gasteiger partial charge >= 0.3 is 0 Å². The number of rotatable bonds is 6. The van der Waals surface area contributed by atoms with E-state index in [9.17, 15) is 13.2 Å². The minimum Gasteiger partial charge on any atom is -0.397 e. The summed E-state index contributed by atoms with van der Waals surface area (Å²) in [6.45, 7) is 0.294. The Morgan fingerprint density at radius 1 is 1.39 bits per heavy atom. The molecular weight excluding hydrogens is 256 g/mol. The fraction of sp³-hybridized carbons (Fsp3) is 0.300. The molecule has 18 heavy (non-hydrogen) atoms. The molecule has 0 heterocycles. The molecule has 100 valence electrons. The maximum atomic E-state index is 11.6. The molecule has 0 saturated carbocycles. The van der Waals surface area contributed by atoms with E-state index in [-0.39, 0.29) is 11.3 Å². The summed E-state index contributed by atoms with van der Waals surface area (Å²) in [5.74, 6) is -0.444. The average molecular weight is 272 g/mol. The molecule has 0 saturated heterocycles. The average Bonchev–Trinajstić information content (AvgIpc) is 2.31. The maximum absolute atomic E-state index is 11.6. The molecule has 6 N–H and O–H groups in total. The van der Waals surface area contributed by atoms with Crippen molar-refractivity contribution < 1.29 is 13.2 Å². The van der Waals surface area contributed by atoms with Crippen molar-refractivity contribution in [2.45, 2.75) is 11.3 Å². The molecule has 1 rings (SSSR count). The molecule has 0 spiro atoms. The highest BCUT2D eigenvalue weighted by atomic mass is 32.2. The molecule has 1 amide bonds. The third-order valence-corrected chi connectivity index (χ3v) is 3.70. The van der Waals surface area contributed by atoms with Gasteiger partial charge in [-0.3, -0.25) is 4.79 Å². The van der Waals surface area contributed by atoms with Gasteiger partial charge in [-0.25, -0.2) is 13.1 Å². The van der Waals surface area contributed by atoms with Gasteiger partial charge in [0.2, 0.25) is 15.9 Å². The van der Waals surface area contributed by atoms with Gasteiger partial charge in [0, 0.05) is 13.0 Å². The molecule has 0 aliphatic carbocycles. The van der Waals surface area contributed by atoms with E-state index in [2.05, 4.69) is 10.0 Å². The third kappa shape index (κ3) is 3.60. The van der Waals surface area contributed by atoms with Gasteiger partial charge in [-0.1, -0.05) is 0 Å². The number of hydrogen-bond donors (Lipinski definition) is 4. The van der Waals surface area contributed by atoms with Crippen molar-refractivity contribution in [3.63, 3.8) is 0 Å². The van der Waals surface area contributed by atoms with Crippen molar-refractivity contribution in [2.24, 2.45) is 5.73 Å². The first kappa shape index (κ1) is 14.3. The third-order valence-electron chi connectivity index (χ3n) is 2.29. The van der Waals surface area contributed by atoms with Crippen LogP contribution in [0, 0.1) is 0 Å². The molecule has 0 unspecified atom stereocenters. The fourth-order valence-electron chi connectivity index (χ4n) is 1.29. The van der Waals surface area contributed by atoms with Gasteiger partial charge in [0.05, 0.1) is 16.3 Å². The zero-order valence-corrected chi connectivity index (χ0v) is 10.8. The van der Waals surface area contributed by atoms with Crippen LogP contribution in [0.25, 0.3) is 0 Å². The number of carbonyl (C=O) groups excluding carboxylic acids is 1. The standard InChI is InChI=1S/C10H16N4O3S/c1-13-18(16,17)7-2-3-8(11)9(6-7)14-5-4-10(12)15/h2-3,6,13-14H,4-5,11H2,1H3,(H2,12,15). The van der Waals surface area contributed by atoms with Crippen LogP contribution in [0.4, 0.5) is 11.4 Å². The van der Waals surface area contributed by atoms with E-state index in [0.29, 0.717) is 17.9 Å².